The normalized spacial score (nSPS) is 10.9. The van der Waals surface area contributed by atoms with Crippen molar-refractivity contribution < 1.29 is 4.79 Å². The van der Waals surface area contributed by atoms with Crippen LogP contribution in [-0.4, -0.2) is 17.1 Å². The van der Waals surface area contributed by atoms with Crippen LogP contribution in [0.4, 0.5) is 5.69 Å². The lowest BCUT2D eigenvalue weighted by molar-refractivity contribution is 0.0950. The Balaban J connectivity index is 2.15. The van der Waals surface area contributed by atoms with Crippen molar-refractivity contribution in [2.24, 2.45) is 5.10 Å². The molecular weight excluding hydrogens is 414 g/mol. The second-order valence-corrected chi connectivity index (χ2v) is 6.07. The molecule has 2 aromatic rings. The maximum absolute atomic E-state index is 12.0. The van der Waals surface area contributed by atoms with E-state index in [2.05, 4.69) is 31.4 Å². The Hall–Kier alpha value is -1.34. The quantitative estimate of drug-likeness (QED) is 0.443. The minimum Gasteiger partial charge on any atom is -0.396 e. The van der Waals surface area contributed by atoms with Gasteiger partial charge in [0.25, 0.3) is 5.91 Å². The molecule has 0 atom stereocenters. The smallest absolute Gasteiger partial charge is 0.291 e. The fraction of sp³-hybridized carbons (Fsp3) is 0. The largest absolute Gasteiger partial charge is 0.396 e. The van der Waals surface area contributed by atoms with Gasteiger partial charge in [0.05, 0.1) is 16.9 Å². The van der Waals surface area contributed by atoms with E-state index in [9.17, 15) is 4.79 Å². The molecule has 0 saturated heterocycles. The van der Waals surface area contributed by atoms with Gasteiger partial charge in [0.15, 0.2) is 10.8 Å². The zero-order valence-corrected chi connectivity index (χ0v) is 14.6. The Kier molecular flexibility index (Phi) is 5.63. The average Bonchev–Trinajstić information content (AvgIpc) is 2.50. The van der Waals surface area contributed by atoms with Crippen LogP contribution < -0.4 is 11.2 Å². The van der Waals surface area contributed by atoms with Crippen LogP contribution in [0.2, 0.25) is 15.2 Å². The van der Waals surface area contributed by atoms with Gasteiger partial charge in [-0.25, -0.2) is 10.4 Å². The molecule has 0 aliphatic rings. The van der Waals surface area contributed by atoms with Crippen molar-refractivity contribution in [1.29, 1.82) is 0 Å². The molecule has 114 valence electrons. The first kappa shape index (κ1) is 17.0. The van der Waals surface area contributed by atoms with Crippen molar-refractivity contribution in [3.05, 3.63) is 55.2 Å². The van der Waals surface area contributed by atoms with Crippen LogP contribution in [0, 0.1) is 0 Å². The molecule has 0 unspecified atom stereocenters. The third-order valence-electron chi connectivity index (χ3n) is 2.54. The number of hydrazone groups is 1. The zero-order chi connectivity index (χ0) is 16.3. The highest BCUT2D eigenvalue weighted by atomic mass is 79.9. The topological polar surface area (TPSA) is 80.4 Å². The highest BCUT2D eigenvalue weighted by Gasteiger charge is 2.19. The number of aromatic nitrogens is 1. The van der Waals surface area contributed by atoms with Crippen LogP contribution in [-0.2, 0) is 0 Å². The molecule has 0 aliphatic heterocycles. The predicted molar refractivity (Wildman–Crippen MR) is 92.9 cm³/mol. The first-order valence-corrected chi connectivity index (χ1v) is 7.71. The molecule has 3 N–H and O–H groups in total. The number of nitrogen functional groups attached to an aromatic ring is 1. The minimum atomic E-state index is -0.649. The Bertz CT molecular complexity index is 750. The van der Waals surface area contributed by atoms with Gasteiger partial charge in [-0.1, -0.05) is 62.9 Å². The molecule has 5 nitrogen and oxygen atoms in total. The maximum atomic E-state index is 12.0. The number of carbonyl (C=O) groups excluding carboxylic acids is 1. The monoisotopic (exact) mass is 420 g/mol. The Morgan fingerprint density at radius 3 is 2.50 bits per heavy atom. The van der Waals surface area contributed by atoms with Crippen LogP contribution in [0.3, 0.4) is 0 Å². The van der Waals surface area contributed by atoms with Crippen LogP contribution in [0.15, 0.2) is 33.8 Å². The number of amides is 1. The van der Waals surface area contributed by atoms with Crippen molar-refractivity contribution in [2.75, 3.05) is 5.73 Å². The molecule has 0 fully saturated rings. The van der Waals surface area contributed by atoms with E-state index in [0.717, 1.165) is 10.0 Å². The van der Waals surface area contributed by atoms with E-state index in [-0.39, 0.29) is 26.6 Å². The fourth-order valence-electron chi connectivity index (χ4n) is 1.45. The lowest BCUT2D eigenvalue weighted by Gasteiger charge is -2.07. The second-order valence-electron chi connectivity index (χ2n) is 4.04. The minimum absolute atomic E-state index is 0.00146. The van der Waals surface area contributed by atoms with E-state index in [4.69, 9.17) is 40.5 Å². The van der Waals surface area contributed by atoms with E-state index in [1.54, 1.807) is 0 Å². The maximum Gasteiger partial charge on any atom is 0.291 e. The molecule has 1 amide bonds. The molecule has 0 aliphatic carbocycles. The predicted octanol–water partition coefficient (Wildman–Crippen LogP) is 4.15. The molecule has 1 aromatic heterocycles. The molecule has 1 aromatic carbocycles. The summed E-state index contributed by atoms with van der Waals surface area (Å²) >= 11 is 20.8. The van der Waals surface area contributed by atoms with Gasteiger partial charge >= 0.3 is 0 Å². The van der Waals surface area contributed by atoms with Crippen LogP contribution >= 0.6 is 50.7 Å². The molecule has 1 heterocycles. The zero-order valence-electron chi connectivity index (χ0n) is 10.8. The summed E-state index contributed by atoms with van der Waals surface area (Å²) in [5.41, 5.74) is 8.58. The number of carbonyl (C=O) groups is 1. The van der Waals surface area contributed by atoms with Gasteiger partial charge in [-0.15, -0.1) is 0 Å². The average molecular weight is 422 g/mol. The summed E-state index contributed by atoms with van der Waals surface area (Å²) in [6, 6.07) is 7.34. The Morgan fingerprint density at radius 1 is 1.23 bits per heavy atom. The lowest BCUT2D eigenvalue weighted by Crippen LogP contribution is -2.20. The molecule has 22 heavy (non-hydrogen) atoms. The number of pyridine rings is 1. The number of benzene rings is 1. The van der Waals surface area contributed by atoms with Crippen LogP contribution in [0.1, 0.15) is 16.1 Å². The summed E-state index contributed by atoms with van der Waals surface area (Å²) in [5, 5.41) is 3.63. The molecule has 9 heteroatoms. The number of hydrogen-bond acceptors (Lipinski definition) is 4. The van der Waals surface area contributed by atoms with Crippen molar-refractivity contribution in [1.82, 2.24) is 10.4 Å². The number of hydrogen-bond donors (Lipinski definition) is 2. The molecule has 0 saturated carbocycles. The van der Waals surface area contributed by atoms with Gasteiger partial charge in [0.2, 0.25) is 0 Å². The van der Waals surface area contributed by atoms with Crippen molar-refractivity contribution in [3.63, 3.8) is 0 Å². The summed E-state index contributed by atoms with van der Waals surface area (Å²) in [7, 11) is 0. The Labute approximate surface area is 149 Å². The molecule has 0 spiro atoms. The summed E-state index contributed by atoms with van der Waals surface area (Å²) in [4.78, 5) is 15.8. The van der Waals surface area contributed by atoms with Gasteiger partial charge in [-0.3, -0.25) is 4.79 Å². The van der Waals surface area contributed by atoms with Gasteiger partial charge in [-0.05, 0) is 17.7 Å². The number of nitrogens with one attached hydrogen (secondary N) is 1. The number of nitrogens with two attached hydrogens (primary N) is 1. The molecule has 0 radical (unpaired) electrons. The van der Waals surface area contributed by atoms with Gasteiger partial charge in [0.1, 0.15) is 5.02 Å². The number of rotatable bonds is 3. The molecule has 0 bridgehead atoms. The molecular formula is C13H8BrCl3N4O. The van der Waals surface area contributed by atoms with Crippen molar-refractivity contribution >= 4 is 68.5 Å². The first-order chi connectivity index (χ1) is 10.4. The van der Waals surface area contributed by atoms with E-state index in [1.807, 2.05) is 24.3 Å². The van der Waals surface area contributed by atoms with E-state index in [1.165, 1.54) is 6.21 Å². The Morgan fingerprint density at radius 2 is 1.86 bits per heavy atom. The number of nitrogens with zero attached hydrogens (tertiary/aromatic N) is 2. The third-order valence-corrected chi connectivity index (χ3v) is 4.20. The van der Waals surface area contributed by atoms with E-state index < -0.39 is 5.91 Å². The van der Waals surface area contributed by atoms with Gasteiger partial charge in [0, 0.05) is 4.47 Å². The number of anilines is 1. The lowest BCUT2D eigenvalue weighted by atomic mass is 10.2. The third kappa shape index (κ3) is 3.89. The first-order valence-electron chi connectivity index (χ1n) is 5.79. The summed E-state index contributed by atoms with van der Waals surface area (Å²) in [6.45, 7) is 0. The highest BCUT2D eigenvalue weighted by molar-refractivity contribution is 9.10. The van der Waals surface area contributed by atoms with Crippen molar-refractivity contribution in [2.45, 2.75) is 0 Å². The SMILES string of the molecule is Nc1c(Cl)c(Cl)nc(C(=O)N/N=C\c2ccc(Br)cc2)c1Cl. The van der Waals surface area contributed by atoms with Gasteiger partial charge in [-0.2, -0.15) is 5.10 Å². The number of halogens is 4. The van der Waals surface area contributed by atoms with E-state index >= 15 is 0 Å². The van der Waals surface area contributed by atoms with Crippen LogP contribution in [0.5, 0.6) is 0 Å². The second kappa shape index (κ2) is 7.28. The summed E-state index contributed by atoms with van der Waals surface area (Å²) in [6.07, 6.45) is 1.47. The standard InChI is InChI=1S/C13H8BrCl3N4O/c14-7-3-1-6(2-4-7)5-19-21-13(22)11-8(15)10(18)9(16)12(17)20-11/h1-5H,(H2,18,20)(H,21,22)/b19-5-. The summed E-state index contributed by atoms with van der Waals surface area (Å²) < 4.78 is 0.941. The van der Waals surface area contributed by atoms with Gasteiger partial charge < -0.3 is 5.73 Å². The van der Waals surface area contributed by atoms with Crippen LogP contribution in [0.25, 0.3) is 0 Å². The summed E-state index contributed by atoms with van der Waals surface area (Å²) in [5.74, 6) is -0.649. The fourth-order valence-corrected chi connectivity index (χ4v) is 2.31. The highest BCUT2D eigenvalue weighted by Crippen LogP contribution is 2.34. The van der Waals surface area contributed by atoms with E-state index in [0.29, 0.717) is 0 Å². The van der Waals surface area contributed by atoms with Crippen molar-refractivity contribution in [3.8, 4) is 0 Å². The molecule has 2 rings (SSSR count).